The highest BCUT2D eigenvalue weighted by Gasteiger charge is 2.23. The van der Waals surface area contributed by atoms with Crippen LogP contribution in [0.25, 0.3) is 10.9 Å². The van der Waals surface area contributed by atoms with Gasteiger partial charge in [-0.15, -0.1) is 24.8 Å². The second kappa shape index (κ2) is 13.2. The number of nitrogens with one attached hydrogen (secondary N) is 1. The monoisotopic (exact) mass is 479 g/mol. The highest BCUT2D eigenvalue weighted by Crippen LogP contribution is 2.38. The summed E-state index contributed by atoms with van der Waals surface area (Å²) in [6, 6.07) is 16.5. The van der Waals surface area contributed by atoms with Crippen molar-refractivity contribution in [3.63, 3.8) is 0 Å². The Balaban J connectivity index is 0.00000181. The summed E-state index contributed by atoms with van der Waals surface area (Å²) in [4.78, 5) is 0. The van der Waals surface area contributed by atoms with E-state index in [0.29, 0.717) is 12.6 Å². The largest absolute Gasteiger partial charge is 0.344 e. The number of hydrogen-bond donors (Lipinski definition) is 2. The van der Waals surface area contributed by atoms with Crippen LogP contribution in [0.4, 0.5) is 4.39 Å². The van der Waals surface area contributed by atoms with Crippen molar-refractivity contribution in [3.8, 4) is 0 Å². The van der Waals surface area contributed by atoms with Gasteiger partial charge in [0, 0.05) is 29.1 Å². The van der Waals surface area contributed by atoms with Crippen molar-refractivity contribution in [2.24, 2.45) is 5.73 Å². The maximum absolute atomic E-state index is 14.1. The molecule has 6 heteroatoms. The molecular formula is C26H36Cl2FN3. The minimum absolute atomic E-state index is 0. The van der Waals surface area contributed by atoms with Crippen LogP contribution in [0.3, 0.4) is 0 Å². The fourth-order valence-corrected chi connectivity index (χ4v) is 4.99. The van der Waals surface area contributed by atoms with Crippen LogP contribution in [-0.2, 0) is 0 Å². The Morgan fingerprint density at radius 1 is 1.00 bits per heavy atom. The quantitative estimate of drug-likeness (QED) is 0.340. The first-order chi connectivity index (χ1) is 14.8. The van der Waals surface area contributed by atoms with Gasteiger partial charge >= 0.3 is 0 Å². The third-order valence-corrected chi connectivity index (χ3v) is 6.53. The zero-order valence-electron chi connectivity index (χ0n) is 18.6. The second-order valence-corrected chi connectivity index (χ2v) is 8.59. The summed E-state index contributed by atoms with van der Waals surface area (Å²) in [6.45, 7) is 2.52. The van der Waals surface area contributed by atoms with Gasteiger partial charge in [0.15, 0.2) is 0 Å². The predicted octanol–water partition coefficient (Wildman–Crippen LogP) is 6.59. The summed E-state index contributed by atoms with van der Waals surface area (Å²) in [5, 5.41) is 4.81. The molecule has 0 spiro atoms. The van der Waals surface area contributed by atoms with Crippen LogP contribution in [0.15, 0.2) is 54.7 Å². The van der Waals surface area contributed by atoms with E-state index in [1.165, 1.54) is 54.6 Å². The lowest BCUT2D eigenvalue weighted by Gasteiger charge is -2.24. The van der Waals surface area contributed by atoms with Crippen LogP contribution in [0.2, 0.25) is 0 Å². The Bertz CT molecular complexity index is 953. The van der Waals surface area contributed by atoms with E-state index in [2.05, 4.69) is 46.4 Å². The maximum atomic E-state index is 14.1. The molecule has 4 rings (SSSR count). The molecule has 0 saturated heterocycles. The topological polar surface area (TPSA) is 43.0 Å². The lowest BCUT2D eigenvalue weighted by atomic mass is 9.88. The summed E-state index contributed by atoms with van der Waals surface area (Å²) in [5.41, 5.74) is 9.32. The number of benzene rings is 2. The SMILES string of the molecule is Cl.Cl.NCCCNCCC(c1cccc(F)c1)c1cn(C2CCCCC2)c2ccccc12. The second-order valence-electron chi connectivity index (χ2n) is 8.59. The molecule has 2 aromatic carbocycles. The number of hydrogen-bond acceptors (Lipinski definition) is 2. The van der Waals surface area contributed by atoms with Crippen LogP contribution >= 0.6 is 24.8 Å². The molecule has 3 N–H and O–H groups in total. The van der Waals surface area contributed by atoms with Crippen molar-refractivity contribution in [1.29, 1.82) is 0 Å². The summed E-state index contributed by atoms with van der Waals surface area (Å²) in [6.07, 6.45) is 10.8. The number of para-hydroxylation sites is 1. The highest BCUT2D eigenvalue weighted by molar-refractivity contribution is 5.86. The van der Waals surface area contributed by atoms with Crippen LogP contribution in [0, 0.1) is 5.82 Å². The molecule has 0 aliphatic heterocycles. The molecule has 0 radical (unpaired) electrons. The first-order valence-corrected chi connectivity index (χ1v) is 11.5. The van der Waals surface area contributed by atoms with Crippen LogP contribution < -0.4 is 11.1 Å². The predicted molar refractivity (Wildman–Crippen MR) is 138 cm³/mol. The average Bonchev–Trinajstić information content (AvgIpc) is 3.16. The molecular weight excluding hydrogens is 444 g/mol. The summed E-state index contributed by atoms with van der Waals surface area (Å²) >= 11 is 0. The number of nitrogens with zero attached hydrogens (tertiary/aromatic N) is 1. The maximum Gasteiger partial charge on any atom is 0.123 e. The van der Waals surface area contributed by atoms with Gasteiger partial charge in [-0.1, -0.05) is 49.6 Å². The molecule has 0 bridgehead atoms. The molecule has 32 heavy (non-hydrogen) atoms. The van der Waals surface area contributed by atoms with Gasteiger partial charge in [0.1, 0.15) is 5.82 Å². The molecule has 1 atom stereocenters. The zero-order chi connectivity index (χ0) is 20.8. The van der Waals surface area contributed by atoms with E-state index in [0.717, 1.165) is 31.5 Å². The molecule has 3 aromatic rings. The lowest BCUT2D eigenvalue weighted by molar-refractivity contribution is 0.360. The molecule has 3 nitrogen and oxygen atoms in total. The highest BCUT2D eigenvalue weighted by atomic mass is 35.5. The summed E-state index contributed by atoms with van der Waals surface area (Å²) < 4.78 is 16.6. The van der Waals surface area contributed by atoms with Gasteiger partial charge in [0.25, 0.3) is 0 Å². The Kier molecular flexibility index (Phi) is 11.0. The number of nitrogens with two attached hydrogens (primary N) is 1. The number of fused-ring (bicyclic) bond motifs is 1. The number of halogens is 3. The Hall–Kier alpha value is -1.59. The Labute approximate surface area is 203 Å². The van der Waals surface area contributed by atoms with Crippen molar-refractivity contribution >= 4 is 35.7 Å². The van der Waals surface area contributed by atoms with Crippen molar-refractivity contribution in [1.82, 2.24) is 9.88 Å². The van der Waals surface area contributed by atoms with E-state index >= 15 is 0 Å². The van der Waals surface area contributed by atoms with Gasteiger partial charge in [-0.05, 0) is 74.6 Å². The first-order valence-electron chi connectivity index (χ1n) is 11.5. The van der Waals surface area contributed by atoms with Gasteiger partial charge in [0.05, 0.1) is 0 Å². The molecule has 1 fully saturated rings. The molecule has 0 amide bonds. The van der Waals surface area contributed by atoms with Crippen molar-refractivity contribution < 1.29 is 4.39 Å². The van der Waals surface area contributed by atoms with Crippen molar-refractivity contribution in [2.45, 2.75) is 56.9 Å². The molecule has 1 saturated carbocycles. The van der Waals surface area contributed by atoms with Gasteiger partial charge in [-0.25, -0.2) is 4.39 Å². The number of rotatable bonds is 9. The number of aromatic nitrogens is 1. The van der Waals surface area contributed by atoms with E-state index in [9.17, 15) is 4.39 Å². The van der Waals surface area contributed by atoms with E-state index in [1.807, 2.05) is 6.07 Å². The fraction of sp³-hybridized carbons (Fsp3) is 0.462. The molecule has 1 heterocycles. The fourth-order valence-electron chi connectivity index (χ4n) is 4.99. The summed E-state index contributed by atoms with van der Waals surface area (Å²) in [5.74, 6) is 0.00502. The normalized spacial score (nSPS) is 15.2. The molecule has 1 aliphatic rings. The zero-order valence-corrected chi connectivity index (χ0v) is 20.3. The summed E-state index contributed by atoms with van der Waals surface area (Å²) in [7, 11) is 0. The van der Waals surface area contributed by atoms with Gasteiger partial charge in [-0.2, -0.15) is 0 Å². The van der Waals surface area contributed by atoms with Gasteiger partial charge in [-0.3, -0.25) is 0 Å². The van der Waals surface area contributed by atoms with Gasteiger partial charge < -0.3 is 15.6 Å². The Morgan fingerprint density at radius 3 is 2.53 bits per heavy atom. The smallest absolute Gasteiger partial charge is 0.123 e. The van der Waals surface area contributed by atoms with E-state index < -0.39 is 0 Å². The van der Waals surface area contributed by atoms with Crippen molar-refractivity contribution in [2.75, 3.05) is 19.6 Å². The van der Waals surface area contributed by atoms with E-state index in [4.69, 9.17) is 5.73 Å². The standard InChI is InChI=1S/C26H34FN3.2ClH/c27-21-9-6-8-20(18-21)23(14-17-29-16-7-15-28)25-19-30(22-10-2-1-3-11-22)26-13-5-4-12-24(25)26;;/h4-6,8-9,12-13,18-19,22-23,29H,1-3,7,10-11,14-17,28H2;2*1H. The molecule has 176 valence electrons. The van der Waals surface area contributed by atoms with Crippen LogP contribution in [-0.4, -0.2) is 24.2 Å². The molecule has 1 aliphatic carbocycles. The van der Waals surface area contributed by atoms with E-state index in [1.54, 1.807) is 6.07 Å². The van der Waals surface area contributed by atoms with Gasteiger partial charge in [0.2, 0.25) is 0 Å². The molecule has 1 unspecified atom stereocenters. The van der Waals surface area contributed by atoms with Crippen molar-refractivity contribution in [3.05, 3.63) is 71.7 Å². The lowest BCUT2D eigenvalue weighted by Crippen LogP contribution is -2.21. The Morgan fingerprint density at radius 2 is 1.78 bits per heavy atom. The minimum atomic E-state index is -0.162. The van der Waals surface area contributed by atoms with Crippen LogP contribution in [0.5, 0.6) is 0 Å². The third kappa shape index (κ3) is 6.26. The minimum Gasteiger partial charge on any atom is -0.344 e. The first kappa shape index (κ1) is 26.7. The van der Waals surface area contributed by atoms with Crippen LogP contribution in [0.1, 0.15) is 68.0 Å². The average molecular weight is 480 g/mol. The molecule has 1 aromatic heterocycles. The third-order valence-electron chi connectivity index (χ3n) is 6.53. The van der Waals surface area contributed by atoms with E-state index in [-0.39, 0.29) is 36.5 Å².